The molecule has 0 radical (unpaired) electrons. The lowest BCUT2D eigenvalue weighted by molar-refractivity contribution is -0.143. The summed E-state index contributed by atoms with van der Waals surface area (Å²) in [7, 11) is 2.02. The summed E-state index contributed by atoms with van der Waals surface area (Å²) in [6, 6.07) is 8.69. The molecule has 1 aromatic rings. The maximum atomic E-state index is 11.3. The van der Waals surface area contributed by atoms with Crippen molar-refractivity contribution < 1.29 is 9.53 Å². The summed E-state index contributed by atoms with van der Waals surface area (Å²) in [5.41, 5.74) is 2.63. The highest BCUT2D eigenvalue weighted by atomic mass is 16.5. The molecule has 0 aliphatic rings. The Morgan fingerprint density at radius 1 is 1.26 bits per heavy atom. The number of esters is 1. The summed E-state index contributed by atoms with van der Waals surface area (Å²) < 4.78 is 4.92. The van der Waals surface area contributed by atoms with Gasteiger partial charge in [-0.2, -0.15) is 0 Å². The molecular formula is C16H25NO2. The number of rotatable bonds is 7. The molecule has 0 unspecified atom stereocenters. The van der Waals surface area contributed by atoms with E-state index in [1.165, 1.54) is 11.1 Å². The van der Waals surface area contributed by atoms with E-state index in [0.29, 0.717) is 18.9 Å². The summed E-state index contributed by atoms with van der Waals surface area (Å²) >= 11 is 0. The smallest absolute Gasteiger partial charge is 0.307 e. The second-order valence-corrected chi connectivity index (χ2v) is 5.19. The van der Waals surface area contributed by atoms with Gasteiger partial charge >= 0.3 is 5.97 Å². The lowest BCUT2D eigenvalue weighted by atomic mass is 10.0. The summed E-state index contributed by atoms with van der Waals surface area (Å²) in [4.78, 5) is 13.4. The van der Waals surface area contributed by atoms with Crippen LogP contribution >= 0.6 is 0 Å². The van der Waals surface area contributed by atoms with Gasteiger partial charge in [-0.05, 0) is 31.0 Å². The Balaban J connectivity index is 2.39. The number of hydrogen-bond donors (Lipinski definition) is 0. The molecule has 0 aliphatic heterocycles. The molecule has 106 valence electrons. The third-order valence-corrected chi connectivity index (χ3v) is 3.10. The summed E-state index contributed by atoms with van der Waals surface area (Å²) in [6.07, 6.45) is 0.453. The van der Waals surface area contributed by atoms with Gasteiger partial charge in [-0.15, -0.1) is 0 Å². The second kappa shape index (κ2) is 7.95. The fourth-order valence-corrected chi connectivity index (χ4v) is 1.91. The zero-order chi connectivity index (χ0) is 14.3. The number of ether oxygens (including phenoxy) is 1. The Morgan fingerprint density at radius 3 is 2.42 bits per heavy atom. The van der Waals surface area contributed by atoms with Crippen molar-refractivity contribution in [2.45, 2.75) is 39.7 Å². The molecule has 0 spiro atoms. The van der Waals surface area contributed by atoms with E-state index in [1.807, 2.05) is 14.0 Å². The van der Waals surface area contributed by atoms with E-state index in [2.05, 4.69) is 43.0 Å². The number of benzene rings is 1. The van der Waals surface area contributed by atoms with E-state index in [9.17, 15) is 4.79 Å². The van der Waals surface area contributed by atoms with Gasteiger partial charge in [0.1, 0.15) is 0 Å². The van der Waals surface area contributed by atoms with Gasteiger partial charge in [0.2, 0.25) is 0 Å². The monoisotopic (exact) mass is 263 g/mol. The molecule has 1 rings (SSSR count). The van der Waals surface area contributed by atoms with Crippen LogP contribution in [0.1, 0.15) is 44.2 Å². The van der Waals surface area contributed by atoms with Crippen LogP contribution in [0.3, 0.4) is 0 Å². The van der Waals surface area contributed by atoms with Crippen LogP contribution in [0.5, 0.6) is 0 Å². The van der Waals surface area contributed by atoms with Gasteiger partial charge in [0.05, 0.1) is 13.0 Å². The molecule has 0 atom stereocenters. The Hall–Kier alpha value is -1.35. The third kappa shape index (κ3) is 5.88. The Bertz CT molecular complexity index is 384. The Morgan fingerprint density at radius 2 is 1.89 bits per heavy atom. The van der Waals surface area contributed by atoms with Crippen LogP contribution in [-0.2, 0) is 16.1 Å². The zero-order valence-electron chi connectivity index (χ0n) is 12.5. The first kappa shape index (κ1) is 15.7. The molecule has 0 heterocycles. The molecule has 3 nitrogen and oxygen atoms in total. The number of hydrogen-bond acceptors (Lipinski definition) is 3. The molecule has 0 N–H and O–H groups in total. The fourth-order valence-electron chi connectivity index (χ4n) is 1.91. The van der Waals surface area contributed by atoms with Crippen LogP contribution in [-0.4, -0.2) is 31.1 Å². The molecule has 0 saturated carbocycles. The van der Waals surface area contributed by atoms with Gasteiger partial charge in [-0.25, -0.2) is 0 Å². The topological polar surface area (TPSA) is 29.5 Å². The van der Waals surface area contributed by atoms with E-state index in [0.717, 1.165) is 13.1 Å². The average molecular weight is 263 g/mol. The Kier molecular flexibility index (Phi) is 6.57. The zero-order valence-corrected chi connectivity index (χ0v) is 12.5. The number of carbonyl (C=O) groups is 1. The summed E-state index contributed by atoms with van der Waals surface area (Å²) in [6.45, 7) is 8.26. The molecule has 3 heteroatoms. The molecule has 19 heavy (non-hydrogen) atoms. The lowest BCUT2D eigenvalue weighted by Crippen LogP contribution is -2.22. The SMILES string of the molecule is CCOC(=O)CCN(C)Cc1ccc(C(C)C)cc1. The largest absolute Gasteiger partial charge is 0.466 e. The van der Waals surface area contributed by atoms with Crippen molar-refractivity contribution in [1.82, 2.24) is 4.90 Å². The van der Waals surface area contributed by atoms with Gasteiger partial charge in [0.25, 0.3) is 0 Å². The summed E-state index contributed by atoms with van der Waals surface area (Å²) in [5, 5.41) is 0. The molecule has 0 amide bonds. The van der Waals surface area contributed by atoms with Crippen LogP contribution < -0.4 is 0 Å². The van der Waals surface area contributed by atoms with E-state index in [4.69, 9.17) is 4.74 Å². The lowest BCUT2D eigenvalue weighted by Gasteiger charge is -2.16. The molecule has 0 saturated heterocycles. The van der Waals surface area contributed by atoms with Crippen LogP contribution in [0, 0.1) is 0 Å². The third-order valence-electron chi connectivity index (χ3n) is 3.10. The molecular weight excluding hydrogens is 238 g/mol. The van der Waals surface area contributed by atoms with Crippen molar-refractivity contribution in [2.75, 3.05) is 20.2 Å². The standard InChI is InChI=1S/C16H25NO2/c1-5-19-16(18)10-11-17(4)12-14-6-8-15(9-7-14)13(2)3/h6-9,13H,5,10-12H2,1-4H3. The van der Waals surface area contributed by atoms with Crippen molar-refractivity contribution in [3.8, 4) is 0 Å². The van der Waals surface area contributed by atoms with Gasteiger partial charge in [0, 0.05) is 13.1 Å². The first-order valence-electron chi connectivity index (χ1n) is 6.96. The minimum Gasteiger partial charge on any atom is -0.466 e. The summed E-state index contributed by atoms with van der Waals surface area (Å²) in [5.74, 6) is 0.445. The molecule has 0 bridgehead atoms. The van der Waals surface area contributed by atoms with Crippen molar-refractivity contribution in [3.05, 3.63) is 35.4 Å². The van der Waals surface area contributed by atoms with E-state index >= 15 is 0 Å². The van der Waals surface area contributed by atoms with Crippen LogP contribution in [0.15, 0.2) is 24.3 Å². The van der Waals surface area contributed by atoms with Gasteiger partial charge in [0.15, 0.2) is 0 Å². The van der Waals surface area contributed by atoms with E-state index in [-0.39, 0.29) is 5.97 Å². The maximum Gasteiger partial charge on any atom is 0.307 e. The minimum atomic E-state index is -0.121. The van der Waals surface area contributed by atoms with Gasteiger partial charge < -0.3 is 9.64 Å². The Labute approximate surface area is 116 Å². The van der Waals surface area contributed by atoms with E-state index in [1.54, 1.807) is 0 Å². The molecule has 0 aromatic heterocycles. The highest BCUT2D eigenvalue weighted by molar-refractivity contribution is 5.69. The van der Waals surface area contributed by atoms with Crippen molar-refractivity contribution in [3.63, 3.8) is 0 Å². The number of carbonyl (C=O) groups excluding carboxylic acids is 1. The first-order chi connectivity index (χ1) is 9.02. The first-order valence-corrected chi connectivity index (χ1v) is 6.96. The van der Waals surface area contributed by atoms with Crippen LogP contribution in [0.2, 0.25) is 0 Å². The fraction of sp³-hybridized carbons (Fsp3) is 0.562. The van der Waals surface area contributed by atoms with Crippen molar-refractivity contribution >= 4 is 5.97 Å². The number of nitrogens with zero attached hydrogens (tertiary/aromatic N) is 1. The maximum absolute atomic E-state index is 11.3. The van der Waals surface area contributed by atoms with Crippen LogP contribution in [0.25, 0.3) is 0 Å². The highest BCUT2D eigenvalue weighted by Gasteiger charge is 2.06. The average Bonchev–Trinajstić information content (AvgIpc) is 2.37. The molecule has 0 fully saturated rings. The normalized spacial score (nSPS) is 11.1. The molecule has 1 aromatic carbocycles. The molecule has 0 aliphatic carbocycles. The predicted octanol–water partition coefficient (Wildman–Crippen LogP) is 3.20. The minimum absolute atomic E-state index is 0.121. The van der Waals surface area contributed by atoms with Crippen molar-refractivity contribution in [2.24, 2.45) is 0 Å². The van der Waals surface area contributed by atoms with Gasteiger partial charge in [-0.1, -0.05) is 38.1 Å². The van der Waals surface area contributed by atoms with Crippen LogP contribution in [0.4, 0.5) is 0 Å². The predicted molar refractivity (Wildman–Crippen MR) is 78.1 cm³/mol. The van der Waals surface area contributed by atoms with E-state index < -0.39 is 0 Å². The van der Waals surface area contributed by atoms with Gasteiger partial charge in [-0.3, -0.25) is 4.79 Å². The highest BCUT2D eigenvalue weighted by Crippen LogP contribution is 2.15. The van der Waals surface area contributed by atoms with Crippen molar-refractivity contribution in [1.29, 1.82) is 0 Å². The quantitative estimate of drug-likeness (QED) is 0.708. The second-order valence-electron chi connectivity index (χ2n) is 5.19.